The zero-order valence-corrected chi connectivity index (χ0v) is 16.0. The smallest absolute Gasteiger partial charge is 0.231 e. The van der Waals surface area contributed by atoms with Crippen LogP contribution in [0.4, 0.5) is 0 Å². The molecule has 4 heteroatoms. The molecule has 26 heavy (non-hydrogen) atoms. The number of carbonyl (C=O) groups is 1. The summed E-state index contributed by atoms with van der Waals surface area (Å²) >= 11 is 0. The van der Waals surface area contributed by atoms with Crippen molar-refractivity contribution in [2.75, 3.05) is 6.79 Å². The molecular weight excluding hydrogens is 328 g/mol. The lowest BCUT2D eigenvalue weighted by Crippen LogP contribution is -2.25. The molecule has 0 aromatic heterocycles. The minimum atomic E-state index is -0.585. The van der Waals surface area contributed by atoms with Gasteiger partial charge in [-0.05, 0) is 42.0 Å². The van der Waals surface area contributed by atoms with E-state index in [4.69, 9.17) is 14.2 Å². The molecule has 0 radical (unpaired) electrons. The topological polar surface area (TPSA) is 44.8 Å². The highest BCUT2D eigenvalue weighted by Gasteiger charge is 2.23. The predicted octanol–water partition coefficient (Wildman–Crippen LogP) is 5.31. The minimum absolute atomic E-state index is 0.0123. The SMILES string of the molecule is CC(Oc1ccc2c(c1)OCO2)C(=O)c1ccc(C(C)C)cc1C(C)C. The average molecular weight is 354 g/mol. The molecule has 138 valence electrons. The molecule has 1 unspecified atom stereocenters. The summed E-state index contributed by atoms with van der Waals surface area (Å²) in [6, 6.07) is 11.5. The standard InChI is InChI=1S/C22H26O4/c1-13(2)16-6-8-18(19(10-16)14(3)4)22(23)15(5)26-17-7-9-20-21(11-17)25-12-24-20/h6-11,13-15H,12H2,1-5H3. The largest absolute Gasteiger partial charge is 0.482 e. The zero-order valence-electron chi connectivity index (χ0n) is 16.0. The van der Waals surface area contributed by atoms with Gasteiger partial charge in [-0.1, -0.05) is 45.9 Å². The summed E-state index contributed by atoms with van der Waals surface area (Å²) in [5.74, 6) is 2.63. The van der Waals surface area contributed by atoms with E-state index in [2.05, 4.69) is 33.8 Å². The van der Waals surface area contributed by atoms with E-state index < -0.39 is 6.10 Å². The number of carbonyl (C=O) groups excluding carboxylic acids is 1. The Hall–Kier alpha value is -2.49. The van der Waals surface area contributed by atoms with E-state index in [0.29, 0.717) is 23.2 Å². The molecule has 2 aromatic rings. The first-order chi connectivity index (χ1) is 12.4. The number of benzene rings is 2. The summed E-state index contributed by atoms with van der Waals surface area (Å²) in [7, 11) is 0. The molecular formula is C22H26O4. The van der Waals surface area contributed by atoms with Crippen LogP contribution in [0.2, 0.25) is 0 Å². The summed E-state index contributed by atoms with van der Waals surface area (Å²) < 4.78 is 16.6. The van der Waals surface area contributed by atoms with Gasteiger partial charge < -0.3 is 14.2 Å². The quantitative estimate of drug-likeness (QED) is 0.659. The number of hydrogen-bond acceptors (Lipinski definition) is 4. The van der Waals surface area contributed by atoms with Crippen molar-refractivity contribution in [3.8, 4) is 17.2 Å². The highest BCUT2D eigenvalue weighted by molar-refractivity contribution is 6.01. The van der Waals surface area contributed by atoms with Crippen LogP contribution in [-0.2, 0) is 0 Å². The molecule has 1 atom stereocenters. The van der Waals surface area contributed by atoms with Crippen LogP contribution >= 0.6 is 0 Å². The molecule has 4 nitrogen and oxygen atoms in total. The second-order valence-electron chi connectivity index (χ2n) is 7.30. The van der Waals surface area contributed by atoms with E-state index in [9.17, 15) is 4.79 Å². The van der Waals surface area contributed by atoms with Crippen molar-refractivity contribution in [1.29, 1.82) is 0 Å². The molecule has 0 saturated heterocycles. The molecule has 0 saturated carbocycles. The van der Waals surface area contributed by atoms with Crippen LogP contribution in [0.25, 0.3) is 0 Å². The van der Waals surface area contributed by atoms with Gasteiger partial charge in [0.15, 0.2) is 17.6 Å². The second-order valence-corrected chi connectivity index (χ2v) is 7.30. The van der Waals surface area contributed by atoms with Gasteiger partial charge in [0.1, 0.15) is 5.75 Å². The molecule has 3 rings (SSSR count). The van der Waals surface area contributed by atoms with Gasteiger partial charge in [-0.15, -0.1) is 0 Å². The number of Topliss-reactive ketones (excluding diaryl/α,β-unsaturated/α-hetero) is 1. The highest BCUT2D eigenvalue weighted by atomic mass is 16.7. The van der Waals surface area contributed by atoms with Crippen molar-refractivity contribution in [2.45, 2.75) is 52.6 Å². The number of ether oxygens (including phenoxy) is 3. The molecule has 0 fully saturated rings. The first kappa shape index (κ1) is 18.3. The van der Waals surface area contributed by atoms with Gasteiger partial charge in [0, 0.05) is 11.6 Å². The second kappa shape index (κ2) is 7.40. The van der Waals surface area contributed by atoms with Crippen LogP contribution in [0.3, 0.4) is 0 Å². The van der Waals surface area contributed by atoms with Gasteiger partial charge in [-0.2, -0.15) is 0 Å². The highest BCUT2D eigenvalue weighted by Crippen LogP contribution is 2.35. The summed E-state index contributed by atoms with van der Waals surface area (Å²) in [6.07, 6.45) is -0.585. The van der Waals surface area contributed by atoms with E-state index in [-0.39, 0.29) is 18.5 Å². The van der Waals surface area contributed by atoms with E-state index >= 15 is 0 Å². The van der Waals surface area contributed by atoms with Crippen molar-refractivity contribution >= 4 is 5.78 Å². The van der Waals surface area contributed by atoms with Crippen molar-refractivity contribution in [3.63, 3.8) is 0 Å². The molecule has 1 heterocycles. The Morgan fingerprint density at radius 1 is 0.923 bits per heavy atom. The van der Waals surface area contributed by atoms with Gasteiger partial charge >= 0.3 is 0 Å². The Bertz CT molecular complexity index is 808. The minimum Gasteiger partial charge on any atom is -0.482 e. The van der Waals surface area contributed by atoms with E-state index in [1.54, 1.807) is 25.1 Å². The van der Waals surface area contributed by atoms with E-state index in [0.717, 1.165) is 11.1 Å². The maximum Gasteiger partial charge on any atom is 0.231 e. The fourth-order valence-electron chi connectivity index (χ4n) is 3.07. The number of hydrogen-bond donors (Lipinski definition) is 0. The summed E-state index contributed by atoms with van der Waals surface area (Å²) in [6.45, 7) is 10.5. The van der Waals surface area contributed by atoms with Crippen LogP contribution in [0.1, 0.15) is 67.9 Å². The Morgan fingerprint density at radius 3 is 2.35 bits per heavy atom. The van der Waals surface area contributed by atoms with Gasteiger partial charge in [-0.25, -0.2) is 0 Å². The molecule has 0 spiro atoms. The third-order valence-electron chi connectivity index (χ3n) is 4.66. The lowest BCUT2D eigenvalue weighted by molar-refractivity contribution is 0.0816. The molecule has 0 bridgehead atoms. The number of fused-ring (bicyclic) bond motifs is 1. The lowest BCUT2D eigenvalue weighted by atomic mass is 9.89. The van der Waals surface area contributed by atoms with Gasteiger partial charge in [0.05, 0.1) is 0 Å². The predicted molar refractivity (Wildman–Crippen MR) is 102 cm³/mol. The molecule has 0 aliphatic carbocycles. The third kappa shape index (κ3) is 3.69. The van der Waals surface area contributed by atoms with Gasteiger partial charge in [0.25, 0.3) is 0 Å². The first-order valence-corrected chi connectivity index (χ1v) is 9.11. The van der Waals surface area contributed by atoms with Gasteiger partial charge in [-0.3, -0.25) is 4.79 Å². The normalized spacial score (nSPS) is 14.0. The van der Waals surface area contributed by atoms with Crippen molar-refractivity contribution in [2.24, 2.45) is 0 Å². The molecule has 0 amide bonds. The van der Waals surface area contributed by atoms with Crippen LogP contribution < -0.4 is 14.2 Å². The fourth-order valence-corrected chi connectivity index (χ4v) is 3.07. The maximum absolute atomic E-state index is 13.0. The van der Waals surface area contributed by atoms with Crippen LogP contribution in [0.15, 0.2) is 36.4 Å². The number of ketones is 1. The third-order valence-corrected chi connectivity index (χ3v) is 4.66. The monoisotopic (exact) mass is 354 g/mol. The van der Waals surface area contributed by atoms with Crippen LogP contribution in [0, 0.1) is 0 Å². The average Bonchev–Trinajstić information content (AvgIpc) is 3.08. The fraction of sp³-hybridized carbons (Fsp3) is 0.409. The summed E-state index contributed by atoms with van der Waals surface area (Å²) in [5, 5.41) is 0. The molecule has 2 aromatic carbocycles. The number of rotatable bonds is 6. The molecule has 1 aliphatic rings. The lowest BCUT2D eigenvalue weighted by Gasteiger charge is -2.19. The van der Waals surface area contributed by atoms with Gasteiger partial charge in [0.2, 0.25) is 12.6 Å². The summed E-state index contributed by atoms with van der Waals surface area (Å²) in [4.78, 5) is 13.0. The Balaban J connectivity index is 1.82. The van der Waals surface area contributed by atoms with E-state index in [1.165, 1.54) is 5.56 Å². The summed E-state index contributed by atoms with van der Waals surface area (Å²) in [5.41, 5.74) is 3.05. The van der Waals surface area contributed by atoms with E-state index in [1.807, 2.05) is 12.1 Å². The first-order valence-electron chi connectivity index (χ1n) is 9.11. The van der Waals surface area contributed by atoms with Crippen molar-refractivity contribution in [3.05, 3.63) is 53.1 Å². The van der Waals surface area contributed by atoms with Crippen LogP contribution in [-0.4, -0.2) is 18.7 Å². The zero-order chi connectivity index (χ0) is 18.8. The Morgan fingerprint density at radius 2 is 1.65 bits per heavy atom. The van der Waals surface area contributed by atoms with Crippen molar-refractivity contribution in [1.82, 2.24) is 0 Å². The van der Waals surface area contributed by atoms with Crippen LogP contribution in [0.5, 0.6) is 17.2 Å². The Kier molecular flexibility index (Phi) is 5.21. The maximum atomic E-state index is 13.0. The molecule has 0 N–H and O–H groups in total. The Labute approximate surface area is 155 Å². The van der Waals surface area contributed by atoms with Crippen molar-refractivity contribution < 1.29 is 19.0 Å². The molecule has 1 aliphatic heterocycles.